The molecule has 0 bridgehead atoms. The van der Waals surface area contributed by atoms with Crippen LogP contribution in [-0.4, -0.2) is 35.5 Å². The van der Waals surface area contributed by atoms with Gasteiger partial charge >= 0.3 is 0 Å². The molecule has 4 heteroatoms. The second-order valence-corrected chi connectivity index (χ2v) is 4.89. The van der Waals surface area contributed by atoms with Crippen LogP contribution < -0.4 is 0 Å². The van der Waals surface area contributed by atoms with Crippen LogP contribution >= 0.6 is 0 Å². The molecule has 0 radical (unpaired) electrons. The summed E-state index contributed by atoms with van der Waals surface area (Å²) >= 11 is 0. The van der Waals surface area contributed by atoms with Gasteiger partial charge in [0, 0.05) is 18.5 Å². The predicted molar refractivity (Wildman–Crippen MR) is 59.9 cm³/mol. The highest BCUT2D eigenvalue weighted by atomic mass is 16.2. The van der Waals surface area contributed by atoms with E-state index in [2.05, 4.69) is 0 Å². The van der Waals surface area contributed by atoms with Crippen molar-refractivity contribution in [2.45, 2.75) is 40.0 Å². The summed E-state index contributed by atoms with van der Waals surface area (Å²) in [6, 6.07) is 0. The average molecular weight is 225 g/mol. The molecule has 1 aliphatic rings. The summed E-state index contributed by atoms with van der Waals surface area (Å²) in [6.45, 7) is 6.44. The summed E-state index contributed by atoms with van der Waals surface area (Å²) in [4.78, 5) is 36.7. The van der Waals surface area contributed by atoms with Gasteiger partial charge in [-0.05, 0) is 19.3 Å². The molecule has 1 heterocycles. The van der Waals surface area contributed by atoms with Crippen LogP contribution in [0.1, 0.15) is 40.0 Å². The third-order valence-electron chi connectivity index (χ3n) is 3.29. The molecule has 0 aliphatic carbocycles. The minimum Gasteiger partial charge on any atom is -0.336 e. The van der Waals surface area contributed by atoms with Crippen LogP contribution in [0.5, 0.6) is 0 Å². The van der Waals surface area contributed by atoms with Crippen molar-refractivity contribution >= 4 is 17.5 Å². The Labute approximate surface area is 96.0 Å². The molecular weight excluding hydrogens is 206 g/mol. The fourth-order valence-electron chi connectivity index (χ4n) is 1.63. The molecule has 4 nitrogen and oxygen atoms in total. The van der Waals surface area contributed by atoms with Gasteiger partial charge in [-0.25, -0.2) is 0 Å². The number of carbonyl (C=O) groups excluding carboxylic acids is 3. The van der Waals surface area contributed by atoms with Gasteiger partial charge in [-0.15, -0.1) is 0 Å². The molecule has 0 N–H and O–H groups in total. The number of amides is 1. The van der Waals surface area contributed by atoms with Crippen LogP contribution in [-0.2, 0) is 14.4 Å². The topological polar surface area (TPSA) is 54.5 Å². The fourth-order valence-corrected chi connectivity index (χ4v) is 1.63. The largest absolute Gasteiger partial charge is 0.336 e. The molecule has 1 amide bonds. The molecule has 0 aromatic heterocycles. The Morgan fingerprint density at radius 1 is 1.12 bits per heavy atom. The number of Topliss-reactive ketones (excluding diaryl/α,β-unsaturated/α-hetero) is 2. The van der Waals surface area contributed by atoms with Crippen LogP contribution in [0.2, 0.25) is 0 Å². The number of nitrogens with zero attached hydrogens (tertiary/aromatic N) is 1. The first-order chi connectivity index (χ1) is 7.40. The lowest BCUT2D eigenvalue weighted by Crippen LogP contribution is -2.42. The fraction of sp³-hybridized carbons (Fsp3) is 0.750. The number of carbonyl (C=O) groups is 3. The summed E-state index contributed by atoms with van der Waals surface area (Å²) in [5.41, 5.74) is -0.730. The first kappa shape index (κ1) is 12.9. The number of hydrogen-bond donors (Lipinski definition) is 0. The molecule has 0 unspecified atom stereocenters. The van der Waals surface area contributed by atoms with Gasteiger partial charge in [-0.2, -0.15) is 0 Å². The van der Waals surface area contributed by atoms with E-state index >= 15 is 0 Å². The zero-order chi connectivity index (χ0) is 12.3. The first-order valence-electron chi connectivity index (χ1n) is 5.78. The van der Waals surface area contributed by atoms with Gasteiger partial charge in [0.2, 0.25) is 5.78 Å². The third kappa shape index (κ3) is 2.49. The molecule has 0 spiro atoms. The minimum atomic E-state index is -0.853. The van der Waals surface area contributed by atoms with Crippen molar-refractivity contribution in [2.24, 2.45) is 5.41 Å². The molecule has 1 saturated heterocycles. The zero-order valence-corrected chi connectivity index (χ0v) is 10.2. The predicted octanol–water partition coefficient (Wildman–Crippen LogP) is 1.18. The van der Waals surface area contributed by atoms with Crippen molar-refractivity contribution in [3.63, 3.8) is 0 Å². The molecule has 1 rings (SSSR count). The summed E-state index contributed by atoms with van der Waals surface area (Å²) in [7, 11) is 0. The van der Waals surface area contributed by atoms with Crippen molar-refractivity contribution in [1.29, 1.82) is 0 Å². The molecule has 0 aromatic carbocycles. The molecule has 0 aromatic rings. The minimum absolute atomic E-state index is 0.560. The van der Waals surface area contributed by atoms with Gasteiger partial charge in [0.25, 0.3) is 11.7 Å². The number of hydrogen-bond acceptors (Lipinski definition) is 3. The Morgan fingerprint density at radius 3 is 2.06 bits per heavy atom. The van der Waals surface area contributed by atoms with Gasteiger partial charge in [0.15, 0.2) is 0 Å². The Morgan fingerprint density at radius 2 is 1.62 bits per heavy atom. The van der Waals surface area contributed by atoms with E-state index in [0.717, 1.165) is 12.8 Å². The zero-order valence-electron chi connectivity index (χ0n) is 10.2. The van der Waals surface area contributed by atoms with E-state index in [1.165, 1.54) is 4.90 Å². The summed E-state index contributed by atoms with van der Waals surface area (Å²) in [6.07, 6.45) is 2.40. The van der Waals surface area contributed by atoms with Gasteiger partial charge in [0.1, 0.15) is 0 Å². The van der Waals surface area contributed by atoms with E-state index in [0.29, 0.717) is 19.5 Å². The van der Waals surface area contributed by atoms with Gasteiger partial charge in [-0.3, -0.25) is 14.4 Å². The van der Waals surface area contributed by atoms with E-state index < -0.39 is 22.9 Å². The average Bonchev–Trinajstić information content (AvgIpc) is 2.79. The number of ketones is 2. The lowest BCUT2D eigenvalue weighted by Gasteiger charge is -2.21. The highest BCUT2D eigenvalue weighted by Gasteiger charge is 2.37. The monoisotopic (exact) mass is 225 g/mol. The van der Waals surface area contributed by atoms with Crippen molar-refractivity contribution in [2.75, 3.05) is 13.1 Å². The maximum atomic E-state index is 11.8. The summed E-state index contributed by atoms with van der Waals surface area (Å²) < 4.78 is 0. The highest BCUT2D eigenvalue weighted by Crippen LogP contribution is 2.22. The highest BCUT2D eigenvalue weighted by molar-refractivity contribution is 6.64. The van der Waals surface area contributed by atoms with E-state index in [-0.39, 0.29) is 0 Å². The third-order valence-corrected chi connectivity index (χ3v) is 3.29. The quantitative estimate of drug-likeness (QED) is 0.533. The lowest BCUT2D eigenvalue weighted by atomic mass is 9.83. The maximum absolute atomic E-state index is 11.8. The van der Waals surface area contributed by atoms with Crippen LogP contribution in [0.25, 0.3) is 0 Å². The molecule has 0 saturated carbocycles. The van der Waals surface area contributed by atoms with Gasteiger partial charge < -0.3 is 4.90 Å². The van der Waals surface area contributed by atoms with Crippen LogP contribution in [0.3, 0.4) is 0 Å². The van der Waals surface area contributed by atoms with Gasteiger partial charge in [-0.1, -0.05) is 20.8 Å². The van der Waals surface area contributed by atoms with Crippen molar-refractivity contribution < 1.29 is 14.4 Å². The summed E-state index contributed by atoms with van der Waals surface area (Å²) in [5.74, 6) is -2.04. The Hall–Kier alpha value is -1.19. The lowest BCUT2D eigenvalue weighted by molar-refractivity contribution is -0.151. The Kier molecular flexibility index (Phi) is 3.83. The maximum Gasteiger partial charge on any atom is 0.298 e. The van der Waals surface area contributed by atoms with E-state index in [1.807, 2.05) is 6.92 Å². The molecule has 1 aliphatic heterocycles. The van der Waals surface area contributed by atoms with Crippen molar-refractivity contribution in [3.05, 3.63) is 0 Å². The van der Waals surface area contributed by atoms with Crippen LogP contribution in [0.15, 0.2) is 0 Å². The second kappa shape index (κ2) is 4.76. The van der Waals surface area contributed by atoms with E-state index in [1.54, 1.807) is 13.8 Å². The molecular formula is C12H19NO3. The first-order valence-corrected chi connectivity index (χ1v) is 5.78. The molecule has 0 atom stereocenters. The molecule has 16 heavy (non-hydrogen) atoms. The Balaban J connectivity index is 2.70. The molecule has 90 valence electrons. The molecule has 1 fully saturated rings. The normalized spacial score (nSPS) is 16.3. The summed E-state index contributed by atoms with van der Waals surface area (Å²) in [5, 5.41) is 0. The van der Waals surface area contributed by atoms with Crippen molar-refractivity contribution in [3.8, 4) is 0 Å². The number of likely N-dealkylation sites (tertiary alicyclic amines) is 1. The Bertz CT molecular complexity index is 314. The SMILES string of the molecule is CCC(C)(C)C(=O)C(=O)C(=O)N1CCCC1. The van der Waals surface area contributed by atoms with Gasteiger partial charge in [0.05, 0.1) is 0 Å². The van der Waals surface area contributed by atoms with Crippen molar-refractivity contribution in [1.82, 2.24) is 4.90 Å². The smallest absolute Gasteiger partial charge is 0.298 e. The van der Waals surface area contributed by atoms with Crippen LogP contribution in [0, 0.1) is 5.41 Å². The van der Waals surface area contributed by atoms with Crippen LogP contribution in [0.4, 0.5) is 0 Å². The second-order valence-electron chi connectivity index (χ2n) is 4.89. The standard InChI is InChI=1S/C12H19NO3/c1-4-12(2,3)10(15)9(14)11(16)13-7-5-6-8-13/h4-8H2,1-3H3. The van der Waals surface area contributed by atoms with E-state index in [4.69, 9.17) is 0 Å². The number of rotatable bonds is 4. The van der Waals surface area contributed by atoms with E-state index in [9.17, 15) is 14.4 Å².